The van der Waals surface area contributed by atoms with E-state index in [1.807, 2.05) is 30.3 Å². The third-order valence-electron chi connectivity index (χ3n) is 4.23. The van der Waals surface area contributed by atoms with Gasteiger partial charge in [0.15, 0.2) is 0 Å². The Morgan fingerprint density at radius 2 is 1.39 bits per heavy atom. The fraction of sp³-hybridized carbons (Fsp3) is 0. The number of amidine groups is 1. The number of nitrogens with zero attached hydrogens (tertiary/aromatic N) is 2. The molecule has 1 aliphatic heterocycles. The standard InChI is InChI=1S/C22H13Cl3N2O/c23-15-7-5-14(6-8-15)13-20-22(28)27(17-11-9-16(24)10-12-17)21(26-20)18-3-1-2-4-19(18)25/h1-13H/b20-13+. The molecule has 0 unspecified atom stereocenters. The number of halogens is 3. The summed E-state index contributed by atoms with van der Waals surface area (Å²) >= 11 is 18.3. The molecule has 0 spiro atoms. The lowest BCUT2D eigenvalue weighted by Crippen LogP contribution is -2.32. The van der Waals surface area contributed by atoms with Crippen molar-refractivity contribution in [1.29, 1.82) is 0 Å². The molecule has 0 saturated carbocycles. The van der Waals surface area contributed by atoms with Gasteiger partial charge in [-0.25, -0.2) is 4.99 Å². The summed E-state index contributed by atoms with van der Waals surface area (Å²) in [6.07, 6.45) is 1.73. The molecular weight excluding hydrogens is 415 g/mol. The minimum Gasteiger partial charge on any atom is -0.266 e. The predicted molar refractivity (Wildman–Crippen MR) is 116 cm³/mol. The molecule has 4 rings (SSSR count). The Morgan fingerprint density at radius 1 is 0.786 bits per heavy atom. The Kier molecular flexibility index (Phi) is 5.23. The van der Waals surface area contributed by atoms with Crippen LogP contribution in [0.3, 0.4) is 0 Å². The molecule has 0 bridgehead atoms. The number of benzene rings is 3. The number of carbonyl (C=O) groups excluding carboxylic acids is 1. The summed E-state index contributed by atoms with van der Waals surface area (Å²) in [7, 11) is 0. The molecule has 0 fully saturated rings. The van der Waals surface area contributed by atoms with E-state index in [0.29, 0.717) is 37.9 Å². The maximum absolute atomic E-state index is 13.2. The van der Waals surface area contributed by atoms with Gasteiger partial charge in [-0.05, 0) is 60.2 Å². The molecule has 3 aromatic carbocycles. The van der Waals surface area contributed by atoms with Gasteiger partial charge < -0.3 is 0 Å². The number of aliphatic imine (C=N–C) groups is 1. The molecule has 1 heterocycles. The summed E-state index contributed by atoms with van der Waals surface area (Å²) in [5.74, 6) is 0.227. The van der Waals surface area contributed by atoms with Crippen LogP contribution in [0.2, 0.25) is 15.1 Å². The molecule has 138 valence electrons. The predicted octanol–water partition coefficient (Wildman–Crippen LogP) is 6.48. The van der Waals surface area contributed by atoms with Crippen molar-refractivity contribution in [2.24, 2.45) is 4.99 Å². The molecule has 0 aliphatic carbocycles. The smallest absolute Gasteiger partial charge is 0.266 e. The summed E-state index contributed by atoms with van der Waals surface area (Å²) in [5.41, 5.74) is 2.47. The molecule has 1 aliphatic rings. The van der Waals surface area contributed by atoms with E-state index in [1.165, 1.54) is 0 Å². The first-order valence-corrected chi connectivity index (χ1v) is 9.57. The van der Waals surface area contributed by atoms with E-state index in [1.54, 1.807) is 53.4 Å². The summed E-state index contributed by atoms with van der Waals surface area (Å²) in [6, 6.07) is 21.5. The maximum atomic E-state index is 13.2. The zero-order valence-corrected chi connectivity index (χ0v) is 16.7. The number of hydrogen-bond donors (Lipinski definition) is 0. The monoisotopic (exact) mass is 426 g/mol. The van der Waals surface area contributed by atoms with Gasteiger partial charge in [-0.2, -0.15) is 0 Å². The topological polar surface area (TPSA) is 32.7 Å². The molecule has 3 aromatic rings. The van der Waals surface area contributed by atoms with Gasteiger partial charge >= 0.3 is 0 Å². The molecule has 1 amide bonds. The van der Waals surface area contributed by atoms with Crippen LogP contribution in [0, 0.1) is 0 Å². The Hall–Kier alpha value is -2.59. The molecule has 0 saturated heterocycles. The van der Waals surface area contributed by atoms with Crippen LogP contribution in [0.5, 0.6) is 0 Å². The Labute approximate surface area is 177 Å². The lowest BCUT2D eigenvalue weighted by Gasteiger charge is -2.19. The summed E-state index contributed by atoms with van der Waals surface area (Å²) < 4.78 is 0. The molecule has 0 aromatic heterocycles. The molecule has 0 atom stereocenters. The number of rotatable bonds is 3. The van der Waals surface area contributed by atoms with Crippen molar-refractivity contribution < 1.29 is 4.79 Å². The average molecular weight is 428 g/mol. The van der Waals surface area contributed by atoms with E-state index in [0.717, 1.165) is 5.56 Å². The van der Waals surface area contributed by atoms with Gasteiger partial charge in [-0.1, -0.05) is 59.1 Å². The molecule has 0 radical (unpaired) electrons. The minimum absolute atomic E-state index is 0.243. The molecular formula is C22H13Cl3N2O. The molecule has 0 N–H and O–H groups in total. The van der Waals surface area contributed by atoms with Crippen LogP contribution in [0.4, 0.5) is 5.69 Å². The van der Waals surface area contributed by atoms with E-state index in [-0.39, 0.29) is 5.91 Å². The van der Waals surface area contributed by atoms with Gasteiger partial charge in [0, 0.05) is 15.6 Å². The van der Waals surface area contributed by atoms with E-state index < -0.39 is 0 Å². The highest BCUT2D eigenvalue weighted by Crippen LogP contribution is 2.31. The van der Waals surface area contributed by atoms with E-state index in [9.17, 15) is 4.79 Å². The normalized spacial score (nSPS) is 15.2. The van der Waals surface area contributed by atoms with E-state index in [4.69, 9.17) is 34.8 Å². The first-order valence-electron chi connectivity index (χ1n) is 8.44. The lowest BCUT2D eigenvalue weighted by atomic mass is 10.1. The van der Waals surface area contributed by atoms with Crippen molar-refractivity contribution in [2.45, 2.75) is 0 Å². The number of carbonyl (C=O) groups is 1. The van der Waals surface area contributed by atoms with Gasteiger partial charge in [0.1, 0.15) is 11.5 Å². The lowest BCUT2D eigenvalue weighted by molar-refractivity contribution is -0.113. The minimum atomic E-state index is -0.243. The zero-order chi connectivity index (χ0) is 19.7. The second-order valence-electron chi connectivity index (χ2n) is 6.11. The highest BCUT2D eigenvalue weighted by molar-refractivity contribution is 6.39. The quantitative estimate of drug-likeness (QED) is 0.440. The largest absolute Gasteiger partial charge is 0.282 e. The van der Waals surface area contributed by atoms with E-state index in [2.05, 4.69) is 4.99 Å². The fourth-order valence-corrected chi connectivity index (χ4v) is 3.36. The first-order chi connectivity index (χ1) is 13.5. The summed E-state index contributed by atoms with van der Waals surface area (Å²) in [4.78, 5) is 19.3. The van der Waals surface area contributed by atoms with Gasteiger partial charge in [0.05, 0.1) is 10.7 Å². The average Bonchev–Trinajstić information content (AvgIpc) is 3.01. The van der Waals surface area contributed by atoms with Crippen LogP contribution >= 0.6 is 34.8 Å². The SMILES string of the molecule is O=C1/C(=C\c2ccc(Cl)cc2)N=C(c2ccccc2Cl)N1c1ccc(Cl)cc1. The number of hydrogen-bond acceptors (Lipinski definition) is 2. The van der Waals surface area contributed by atoms with Crippen molar-refractivity contribution in [1.82, 2.24) is 0 Å². The number of anilines is 1. The van der Waals surface area contributed by atoms with Crippen molar-refractivity contribution in [2.75, 3.05) is 4.90 Å². The Balaban J connectivity index is 1.84. The first kappa shape index (κ1) is 18.8. The highest BCUT2D eigenvalue weighted by Gasteiger charge is 2.33. The Bertz CT molecular complexity index is 1100. The Morgan fingerprint density at radius 3 is 2.04 bits per heavy atom. The molecule has 6 heteroatoms. The molecule has 3 nitrogen and oxygen atoms in total. The fourth-order valence-electron chi connectivity index (χ4n) is 2.89. The van der Waals surface area contributed by atoms with Crippen LogP contribution in [0.25, 0.3) is 6.08 Å². The summed E-state index contributed by atoms with van der Waals surface area (Å²) in [5, 5.41) is 1.73. The van der Waals surface area contributed by atoms with Crippen molar-refractivity contribution in [3.63, 3.8) is 0 Å². The van der Waals surface area contributed by atoms with Gasteiger partial charge in [-0.15, -0.1) is 0 Å². The van der Waals surface area contributed by atoms with Gasteiger partial charge in [0.2, 0.25) is 0 Å². The number of amides is 1. The van der Waals surface area contributed by atoms with E-state index >= 15 is 0 Å². The van der Waals surface area contributed by atoms with Crippen molar-refractivity contribution in [3.8, 4) is 0 Å². The van der Waals surface area contributed by atoms with Gasteiger partial charge in [-0.3, -0.25) is 9.69 Å². The van der Waals surface area contributed by atoms with Gasteiger partial charge in [0.25, 0.3) is 5.91 Å². The third kappa shape index (κ3) is 3.69. The third-order valence-corrected chi connectivity index (χ3v) is 5.07. The van der Waals surface area contributed by atoms with Crippen molar-refractivity contribution >= 4 is 58.3 Å². The van der Waals surface area contributed by atoms with Crippen LogP contribution in [0.15, 0.2) is 83.5 Å². The van der Waals surface area contributed by atoms with Crippen molar-refractivity contribution in [3.05, 3.63) is 105 Å². The van der Waals surface area contributed by atoms with Crippen LogP contribution in [0.1, 0.15) is 11.1 Å². The molecule has 28 heavy (non-hydrogen) atoms. The maximum Gasteiger partial charge on any atom is 0.282 e. The zero-order valence-electron chi connectivity index (χ0n) is 14.4. The van der Waals surface area contributed by atoms with Crippen LogP contribution in [-0.2, 0) is 4.79 Å². The van der Waals surface area contributed by atoms with Crippen LogP contribution < -0.4 is 4.90 Å². The second kappa shape index (κ2) is 7.80. The van der Waals surface area contributed by atoms with Crippen LogP contribution in [-0.4, -0.2) is 11.7 Å². The second-order valence-corrected chi connectivity index (χ2v) is 7.39. The summed E-state index contributed by atoms with van der Waals surface area (Å²) in [6.45, 7) is 0. The highest BCUT2D eigenvalue weighted by atomic mass is 35.5.